The molecule has 0 bridgehead atoms. The Morgan fingerprint density at radius 3 is 2.56 bits per heavy atom. The van der Waals surface area contributed by atoms with Crippen LogP contribution < -0.4 is 4.90 Å². The molecule has 0 aliphatic carbocycles. The fraction of sp³-hybridized carbons (Fsp3) is 0.421. The number of benzene rings is 1. The largest absolute Gasteiger partial charge is 0.350 e. The van der Waals surface area contributed by atoms with Crippen molar-refractivity contribution >= 4 is 29.1 Å². The molecule has 134 valence electrons. The quantitative estimate of drug-likeness (QED) is 0.713. The van der Waals surface area contributed by atoms with Crippen LogP contribution in [0, 0.1) is 13.8 Å². The highest BCUT2D eigenvalue weighted by Crippen LogP contribution is 2.34. The minimum atomic E-state index is -0.0573. The third-order valence-corrected chi connectivity index (χ3v) is 4.66. The van der Waals surface area contributed by atoms with Crippen LogP contribution in [0.1, 0.15) is 52.5 Å². The van der Waals surface area contributed by atoms with Crippen LogP contribution in [0.4, 0.5) is 5.82 Å². The average molecular weight is 406 g/mol. The highest BCUT2D eigenvalue weighted by Gasteiger charge is 2.28. The lowest BCUT2D eigenvalue weighted by Gasteiger charge is -2.37. The molecular formula is C19H24BrN3O2. The highest BCUT2D eigenvalue weighted by atomic mass is 79.9. The number of nitrogens with zero attached hydrogens (tertiary/aromatic N) is 3. The Bertz CT molecular complexity index is 721. The minimum Gasteiger partial charge on any atom is -0.350 e. The van der Waals surface area contributed by atoms with Crippen LogP contribution in [0.3, 0.4) is 0 Å². The number of anilines is 1. The molecule has 1 saturated heterocycles. The SMILES string of the molecule is Br.Cc1ccc([C@@H]2CCC[C@H](N(C)c3ncnc(C=O)c3C)O2)cc1. The number of hydrogen-bond acceptors (Lipinski definition) is 5. The van der Waals surface area contributed by atoms with Gasteiger partial charge in [-0.1, -0.05) is 29.8 Å². The summed E-state index contributed by atoms with van der Waals surface area (Å²) in [6, 6.07) is 8.53. The molecule has 0 saturated carbocycles. The molecule has 2 atom stereocenters. The van der Waals surface area contributed by atoms with Gasteiger partial charge in [-0.3, -0.25) is 4.79 Å². The summed E-state index contributed by atoms with van der Waals surface area (Å²) < 4.78 is 6.33. The van der Waals surface area contributed by atoms with Gasteiger partial charge in [0.1, 0.15) is 24.1 Å². The molecule has 3 rings (SSSR count). The Morgan fingerprint density at radius 2 is 1.88 bits per heavy atom. The summed E-state index contributed by atoms with van der Waals surface area (Å²) in [6.45, 7) is 3.96. The van der Waals surface area contributed by atoms with E-state index in [2.05, 4.69) is 41.2 Å². The molecule has 1 aromatic heterocycles. The maximum atomic E-state index is 11.1. The van der Waals surface area contributed by atoms with E-state index in [1.807, 2.05) is 18.9 Å². The Balaban J connectivity index is 0.00000225. The third kappa shape index (κ3) is 4.25. The zero-order valence-electron chi connectivity index (χ0n) is 14.8. The summed E-state index contributed by atoms with van der Waals surface area (Å²) >= 11 is 0. The lowest BCUT2D eigenvalue weighted by molar-refractivity contribution is -0.0503. The van der Waals surface area contributed by atoms with E-state index in [9.17, 15) is 4.79 Å². The Kier molecular flexibility index (Phi) is 6.67. The van der Waals surface area contributed by atoms with Crippen molar-refractivity contribution in [2.24, 2.45) is 0 Å². The van der Waals surface area contributed by atoms with Crippen LogP contribution in [-0.2, 0) is 4.74 Å². The van der Waals surface area contributed by atoms with E-state index in [0.717, 1.165) is 36.9 Å². The summed E-state index contributed by atoms with van der Waals surface area (Å²) in [5.41, 5.74) is 3.68. The van der Waals surface area contributed by atoms with Crippen LogP contribution >= 0.6 is 17.0 Å². The van der Waals surface area contributed by atoms with Crippen molar-refractivity contribution in [3.63, 3.8) is 0 Å². The predicted molar refractivity (Wildman–Crippen MR) is 104 cm³/mol. The maximum Gasteiger partial charge on any atom is 0.168 e. The minimum absolute atomic E-state index is 0. The van der Waals surface area contributed by atoms with E-state index >= 15 is 0 Å². The second kappa shape index (κ2) is 8.54. The van der Waals surface area contributed by atoms with E-state index < -0.39 is 0 Å². The normalized spacial score (nSPS) is 19.8. The Morgan fingerprint density at radius 1 is 1.16 bits per heavy atom. The molecule has 2 heterocycles. The first kappa shape index (κ1) is 19.5. The smallest absolute Gasteiger partial charge is 0.168 e. The molecule has 1 aliphatic heterocycles. The molecule has 0 unspecified atom stereocenters. The predicted octanol–water partition coefficient (Wildman–Crippen LogP) is 4.19. The molecule has 1 fully saturated rings. The van der Waals surface area contributed by atoms with Crippen molar-refractivity contribution in [1.29, 1.82) is 0 Å². The van der Waals surface area contributed by atoms with Crippen LogP contribution in [0.2, 0.25) is 0 Å². The van der Waals surface area contributed by atoms with Gasteiger partial charge in [0, 0.05) is 12.6 Å². The Hall–Kier alpha value is -1.79. The second-order valence-corrected chi connectivity index (χ2v) is 6.36. The van der Waals surface area contributed by atoms with Crippen LogP contribution in [0.25, 0.3) is 0 Å². The number of rotatable bonds is 4. The number of aldehydes is 1. The average Bonchev–Trinajstić information content (AvgIpc) is 2.62. The highest BCUT2D eigenvalue weighted by molar-refractivity contribution is 8.93. The molecule has 1 aliphatic rings. The lowest BCUT2D eigenvalue weighted by atomic mass is 9.99. The van der Waals surface area contributed by atoms with Crippen molar-refractivity contribution in [3.8, 4) is 0 Å². The topological polar surface area (TPSA) is 55.3 Å². The molecule has 6 heteroatoms. The van der Waals surface area contributed by atoms with Gasteiger partial charge in [-0.15, -0.1) is 17.0 Å². The van der Waals surface area contributed by atoms with Gasteiger partial charge < -0.3 is 9.64 Å². The second-order valence-electron chi connectivity index (χ2n) is 6.36. The summed E-state index contributed by atoms with van der Waals surface area (Å²) in [5, 5.41) is 0. The zero-order chi connectivity index (χ0) is 17.1. The fourth-order valence-corrected chi connectivity index (χ4v) is 3.18. The monoisotopic (exact) mass is 405 g/mol. The van der Waals surface area contributed by atoms with Crippen LogP contribution in [-0.4, -0.2) is 29.5 Å². The molecule has 1 aromatic carbocycles. The summed E-state index contributed by atoms with van der Waals surface area (Å²) in [4.78, 5) is 21.5. The lowest BCUT2D eigenvalue weighted by Crippen LogP contribution is -2.38. The van der Waals surface area contributed by atoms with Gasteiger partial charge in [0.15, 0.2) is 6.29 Å². The standard InChI is InChI=1S/C19H23N3O2.BrH/c1-13-7-9-15(10-8-13)17-5-4-6-18(24-17)22(3)19-14(2)16(11-23)20-12-21-19;/h7-12,17-18H,4-6H2,1-3H3;1H/t17-,18+;/m0./s1. The van der Waals surface area contributed by atoms with Gasteiger partial charge in [-0.2, -0.15) is 0 Å². The van der Waals surface area contributed by atoms with E-state index in [4.69, 9.17) is 4.74 Å². The molecule has 0 N–H and O–H groups in total. The third-order valence-electron chi connectivity index (χ3n) is 4.66. The first-order valence-electron chi connectivity index (χ1n) is 8.31. The van der Waals surface area contributed by atoms with Crippen LogP contribution in [0.15, 0.2) is 30.6 Å². The van der Waals surface area contributed by atoms with Gasteiger partial charge in [-0.25, -0.2) is 9.97 Å². The molecule has 5 nitrogen and oxygen atoms in total. The zero-order valence-corrected chi connectivity index (χ0v) is 16.5. The first-order chi connectivity index (χ1) is 11.6. The van der Waals surface area contributed by atoms with Gasteiger partial charge >= 0.3 is 0 Å². The molecule has 25 heavy (non-hydrogen) atoms. The van der Waals surface area contributed by atoms with E-state index in [-0.39, 0.29) is 29.3 Å². The number of halogens is 1. The van der Waals surface area contributed by atoms with Crippen molar-refractivity contribution in [2.75, 3.05) is 11.9 Å². The number of carbonyl (C=O) groups is 1. The molecule has 2 aromatic rings. The Labute approximate surface area is 159 Å². The fourth-order valence-electron chi connectivity index (χ4n) is 3.18. The van der Waals surface area contributed by atoms with E-state index in [1.54, 1.807) is 0 Å². The van der Waals surface area contributed by atoms with E-state index in [1.165, 1.54) is 17.5 Å². The summed E-state index contributed by atoms with van der Waals surface area (Å²) in [6.07, 6.45) is 5.30. The van der Waals surface area contributed by atoms with Gasteiger partial charge in [0.05, 0.1) is 6.10 Å². The maximum absolute atomic E-state index is 11.1. The van der Waals surface area contributed by atoms with Gasteiger partial charge in [0.2, 0.25) is 0 Å². The number of ether oxygens (including phenoxy) is 1. The van der Waals surface area contributed by atoms with Crippen molar-refractivity contribution in [3.05, 3.63) is 53.0 Å². The summed E-state index contributed by atoms with van der Waals surface area (Å²) in [5.74, 6) is 0.752. The van der Waals surface area contributed by atoms with E-state index in [0.29, 0.717) is 5.69 Å². The molecule has 0 amide bonds. The van der Waals surface area contributed by atoms with Crippen molar-refractivity contribution in [2.45, 2.75) is 45.4 Å². The van der Waals surface area contributed by atoms with Crippen molar-refractivity contribution < 1.29 is 9.53 Å². The number of aryl methyl sites for hydroxylation is 1. The van der Waals surface area contributed by atoms with Crippen molar-refractivity contribution in [1.82, 2.24) is 9.97 Å². The number of hydrogen-bond donors (Lipinski definition) is 0. The van der Waals surface area contributed by atoms with Gasteiger partial charge in [0.25, 0.3) is 0 Å². The van der Waals surface area contributed by atoms with Crippen LogP contribution in [0.5, 0.6) is 0 Å². The molecule has 0 radical (unpaired) electrons. The van der Waals surface area contributed by atoms with Gasteiger partial charge in [-0.05, 0) is 38.7 Å². The first-order valence-corrected chi connectivity index (χ1v) is 8.31. The number of aromatic nitrogens is 2. The molecular weight excluding hydrogens is 382 g/mol. The summed E-state index contributed by atoms with van der Waals surface area (Å²) in [7, 11) is 1.96. The number of carbonyl (C=O) groups excluding carboxylic acids is 1. The molecule has 0 spiro atoms.